The van der Waals surface area contributed by atoms with Crippen LogP contribution in [0.4, 0.5) is 0 Å². The van der Waals surface area contributed by atoms with Crippen molar-refractivity contribution in [1.29, 1.82) is 0 Å². The van der Waals surface area contributed by atoms with Crippen LogP contribution in [0.15, 0.2) is 23.1 Å². The fraction of sp³-hybridized carbons (Fsp3) is 0.500. The second-order valence-electron chi connectivity index (χ2n) is 3.80. The minimum absolute atomic E-state index is 0.0651. The monoisotopic (exact) mass is 309 g/mol. The van der Waals surface area contributed by atoms with Crippen LogP contribution < -0.4 is 5.32 Å². The molecule has 0 heterocycles. The molecule has 1 rings (SSSR count). The molecule has 0 aliphatic carbocycles. The van der Waals surface area contributed by atoms with Crippen molar-refractivity contribution in [1.82, 2.24) is 5.32 Å². The van der Waals surface area contributed by atoms with E-state index < -0.39 is 10.8 Å². The first kappa shape index (κ1) is 15.9. The van der Waals surface area contributed by atoms with Gasteiger partial charge in [-0.3, -0.25) is 4.21 Å². The summed E-state index contributed by atoms with van der Waals surface area (Å²) in [7, 11) is 0.511. The Bertz CT molecular complexity index is 409. The third-order valence-electron chi connectivity index (χ3n) is 2.37. The molecule has 0 amide bonds. The van der Waals surface area contributed by atoms with Gasteiger partial charge in [-0.05, 0) is 24.7 Å². The first-order valence-corrected chi connectivity index (χ1v) is 7.71. The molecule has 1 aromatic rings. The smallest absolute Gasteiger partial charge is 0.0624 e. The molecular weight excluding hydrogens is 293 g/mol. The van der Waals surface area contributed by atoms with Gasteiger partial charge in [0.05, 0.1) is 27.5 Å². The molecule has 0 fully saturated rings. The minimum Gasteiger partial charge on any atom is -0.383 e. The standard InChI is InChI=1S/C12H17Cl2NO2S/c1-3-15-9(7-17-2)8-18(16)10-4-5-11(13)12(14)6-10/h4-6,9,15H,3,7-8H2,1-2H3. The lowest BCUT2D eigenvalue weighted by Crippen LogP contribution is -2.37. The van der Waals surface area contributed by atoms with Gasteiger partial charge in [0.1, 0.15) is 0 Å². The van der Waals surface area contributed by atoms with Crippen LogP contribution in [0.3, 0.4) is 0 Å². The van der Waals surface area contributed by atoms with Crippen LogP contribution in [0.25, 0.3) is 0 Å². The van der Waals surface area contributed by atoms with Crippen molar-refractivity contribution in [2.45, 2.75) is 17.9 Å². The van der Waals surface area contributed by atoms with Gasteiger partial charge in [0, 0.05) is 23.8 Å². The highest BCUT2D eigenvalue weighted by atomic mass is 35.5. The molecule has 0 spiro atoms. The SMILES string of the molecule is CCNC(COC)CS(=O)c1ccc(Cl)c(Cl)c1. The van der Waals surface area contributed by atoms with Gasteiger partial charge in [0.15, 0.2) is 0 Å². The van der Waals surface area contributed by atoms with Crippen molar-refractivity contribution >= 4 is 34.0 Å². The normalized spacial score (nSPS) is 14.4. The van der Waals surface area contributed by atoms with Crippen LogP contribution >= 0.6 is 23.2 Å². The van der Waals surface area contributed by atoms with Gasteiger partial charge >= 0.3 is 0 Å². The van der Waals surface area contributed by atoms with Crippen LogP contribution in [0.2, 0.25) is 10.0 Å². The van der Waals surface area contributed by atoms with Crippen molar-refractivity contribution in [3.8, 4) is 0 Å². The van der Waals surface area contributed by atoms with Crippen LogP contribution in [-0.2, 0) is 15.5 Å². The summed E-state index contributed by atoms with van der Waals surface area (Å²) < 4.78 is 17.3. The Morgan fingerprint density at radius 2 is 2.11 bits per heavy atom. The van der Waals surface area contributed by atoms with Gasteiger partial charge < -0.3 is 10.1 Å². The van der Waals surface area contributed by atoms with E-state index in [2.05, 4.69) is 5.32 Å². The Labute approximate surface area is 120 Å². The highest BCUT2D eigenvalue weighted by molar-refractivity contribution is 7.85. The molecule has 1 aromatic carbocycles. The number of rotatable bonds is 7. The molecule has 0 aliphatic heterocycles. The lowest BCUT2D eigenvalue weighted by molar-refractivity contribution is 0.174. The molecule has 0 bridgehead atoms. The van der Waals surface area contributed by atoms with Gasteiger partial charge in [-0.25, -0.2) is 0 Å². The van der Waals surface area contributed by atoms with Crippen LogP contribution in [0, 0.1) is 0 Å². The fourth-order valence-corrected chi connectivity index (χ4v) is 3.16. The first-order valence-electron chi connectivity index (χ1n) is 5.64. The summed E-state index contributed by atoms with van der Waals surface area (Å²) in [5.41, 5.74) is 0. The van der Waals surface area contributed by atoms with Crippen LogP contribution in [0.5, 0.6) is 0 Å². The van der Waals surface area contributed by atoms with Gasteiger partial charge in [-0.1, -0.05) is 30.1 Å². The van der Waals surface area contributed by atoms with E-state index in [-0.39, 0.29) is 6.04 Å². The fourth-order valence-electron chi connectivity index (χ4n) is 1.55. The number of hydrogen-bond acceptors (Lipinski definition) is 3. The Morgan fingerprint density at radius 3 is 2.67 bits per heavy atom. The second kappa shape index (κ2) is 8.12. The predicted molar refractivity (Wildman–Crippen MR) is 77.1 cm³/mol. The average Bonchev–Trinajstić information content (AvgIpc) is 2.33. The van der Waals surface area contributed by atoms with Gasteiger partial charge in [-0.15, -0.1) is 0 Å². The summed E-state index contributed by atoms with van der Waals surface area (Å²) >= 11 is 11.7. The summed E-state index contributed by atoms with van der Waals surface area (Å²) in [5, 5.41) is 4.13. The third kappa shape index (κ3) is 4.86. The van der Waals surface area contributed by atoms with Crippen molar-refractivity contribution in [2.75, 3.05) is 26.0 Å². The zero-order chi connectivity index (χ0) is 13.5. The second-order valence-corrected chi connectivity index (χ2v) is 6.11. The third-order valence-corrected chi connectivity index (χ3v) is 4.59. The highest BCUT2D eigenvalue weighted by Crippen LogP contribution is 2.24. The van der Waals surface area contributed by atoms with Crippen LogP contribution in [-0.4, -0.2) is 36.3 Å². The Kier molecular flexibility index (Phi) is 7.19. The summed E-state index contributed by atoms with van der Waals surface area (Å²) in [5.74, 6) is 0.486. The predicted octanol–water partition coefficient (Wildman–Crippen LogP) is 2.73. The van der Waals surface area contributed by atoms with E-state index in [0.717, 1.165) is 6.54 Å². The van der Waals surface area contributed by atoms with E-state index in [0.29, 0.717) is 27.3 Å². The maximum Gasteiger partial charge on any atom is 0.0624 e. The summed E-state index contributed by atoms with van der Waals surface area (Å²) in [4.78, 5) is 0.684. The van der Waals surface area contributed by atoms with Crippen molar-refractivity contribution in [2.24, 2.45) is 0 Å². The van der Waals surface area contributed by atoms with E-state index >= 15 is 0 Å². The zero-order valence-electron chi connectivity index (χ0n) is 10.4. The highest BCUT2D eigenvalue weighted by Gasteiger charge is 2.14. The molecule has 6 heteroatoms. The van der Waals surface area contributed by atoms with E-state index in [4.69, 9.17) is 27.9 Å². The van der Waals surface area contributed by atoms with Crippen molar-refractivity contribution in [3.05, 3.63) is 28.2 Å². The molecular formula is C12H17Cl2NO2S. The summed E-state index contributed by atoms with van der Waals surface area (Å²) in [6.45, 7) is 3.35. The number of ether oxygens (including phenoxy) is 1. The van der Waals surface area contributed by atoms with Gasteiger partial charge in [0.2, 0.25) is 0 Å². The number of methoxy groups -OCH3 is 1. The Morgan fingerprint density at radius 1 is 1.39 bits per heavy atom. The van der Waals surface area contributed by atoms with E-state index in [1.165, 1.54) is 0 Å². The number of halogens is 2. The molecule has 1 N–H and O–H groups in total. The van der Waals surface area contributed by atoms with E-state index in [9.17, 15) is 4.21 Å². The molecule has 0 saturated heterocycles. The molecule has 0 aromatic heterocycles. The van der Waals surface area contributed by atoms with Crippen molar-refractivity contribution in [3.63, 3.8) is 0 Å². The molecule has 18 heavy (non-hydrogen) atoms. The molecule has 2 unspecified atom stereocenters. The largest absolute Gasteiger partial charge is 0.383 e. The number of likely N-dealkylation sites (N-methyl/N-ethyl adjacent to an activating group) is 1. The Hall–Kier alpha value is -0.130. The quantitative estimate of drug-likeness (QED) is 0.841. The maximum absolute atomic E-state index is 12.2. The number of nitrogens with one attached hydrogen (secondary N) is 1. The molecule has 0 radical (unpaired) electrons. The topological polar surface area (TPSA) is 38.3 Å². The van der Waals surface area contributed by atoms with Crippen molar-refractivity contribution < 1.29 is 8.95 Å². The maximum atomic E-state index is 12.2. The molecule has 3 nitrogen and oxygen atoms in total. The molecule has 2 atom stereocenters. The number of hydrogen-bond donors (Lipinski definition) is 1. The van der Waals surface area contributed by atoms with E-state index in [1.54, 1.807) is 25.3 Å². The Balaban J connectivity index is 2.70. The first-order chi connectivity index (χ1) is 8.58. The molecule has 102 valence electrons. The molecule has 0 saturated carbocycles. The summed E-state index contributed by atoms with van der Waals surface area (Å²) in [6.07, 6.45) is 0. The average molecular weight is 310 g/mol. The summed E-state index contributed by atoms with van der Waals surface area (Å²) in [6, 6.07) is 5.11. The lowest BCUT2D eigenvalue weighted by Gasteiger charge is -2.16. The van der Waals surface area contributed by atoms with Gasteiger partial charge in [-0.2, -0.15) is 0 Å². The molecule has 0 aliphatic rings. The zero-order valence-corrected chi connectivity index (χ0v) is 12.7. The van der Waals surface area contributed by atoms with Crippen LogP contribution in [0.1, 0.15) is 6.92 Å². The minimum atomic E-state index is -1.12. The number of benzene rings is 1. The van der Waals surface area contributed by atoms with Gasteiger partial charge in [0.25, 0.3) is 0 Å². The van der Waals surface area contributed by atoms with E-state index in [1.807, 2.05) is 6.92 Å². The lowest BCUT2D eigenvalue weighted by atomic mass is 10.3.